The molecule has 12 heavy (non-hydrogen) atoms. The Kier molecular flexibility index (Phi) is 6.17. The number of hydrogen-bond donors (Lipinski definition) is 1. The highest BCUT2D eigenvalue weighted by atomic mass is 35.5. The minimum atomic E-state index is 0.0514. The number of alkyl halides is 1. The number of carbonyl (C=O) groups excluding carboxylic acids is 1. The van der Waals surface area contributed by atoms with Crippen LogP contribution in [0.1, 0.15) is 33.6 Å². The van der Waals surface area contributed by atoms with Crippen molar-refractivity contribution in [3.8, 4) is 0 Å². The van der Waals surface area contributed by atoms with Crippen molar-refractivity contribution < 1.29 is 4.79 Å². The molecule has 0 aliphatic rings. The van der Waals surface area contributed by atoms with Crippen LogP contribution in [0.5, 0.6) is 0 Å². The monoisotopic (exact) mass is 191 g/mol. The molecule has 1 amide bonds. The zero-order valence-corrected chi connectivity index (χ0v) is 8.82. The van der Waals surface area contributed by atoms with E-state index < -0.39 is 0 Å². The first-order chi connectivity index (χ1) is 5.57. The Morgan fingerprint density at radius 1 is 1.50 bits per heavy atom. The van der Waals surface area contributed by atoms with Gasteiger partial charge in [0.1, 0.15) is 0 Å². The minimum Gasteiger partial charge on any atom is -0.354 e. The van der Waals surface area contributed by atoms with Crippen LogP contribution in [0.25, 0.3) is 0 Å². The lowest BCUT2D eigenvalue weighted by Crippen LogP contribution is -2.32. The van der Waals surface area contributed by atoms with E-state index in [1.165, 1.54) is 0 Å². The van der Waals surface area contributed by atoms with Crippen LogP contribution in [0.2, 0.25) is 0 Å². The van der Waals surface area contributed by atoms with Gasteiger partial charge in [0.05, 0.1) is 5.38 Å². The Balaban J connectivity index is 3.47. The van der Waals surface area contributed by atoms with Gasteiger partial charge in [-0.2, -0.15) is 0 Å². The Hall–Kier alpha value is -0.240. The smallest absolute Gasteiger partial charge is 0.222 e. The summed E-state index contributed by atoms with van der Waals surface area (Å²) in [5.41, 5.74) is 0. The molecule has 0 aromatic rings. The highest BCUT2D eigenvalue weighted by Gasteiger charge is 2.08. The third kappa shape index (κ3) is 5.42. The standard InChI is InChI=1S/C9H18ClNO/c1-4-5-8(10)6-11-9(12)7(2)3/h7-8H,4-6H2,1-3H3,(H,11,12). The number of hydrogen-bond acceptors (Lipinski definition) is 1. The van der Waals surface area contributed by atoms with Crippen molar-refractivity contribution in [3.63, 3.8) is 0 Å². The zero-order chi connectivity index (χ0) is 9.56. The van der Waals surface area contributed by atoms with Crippen LogP contribution in [0, 0.1) is 5.92 Å². The van der Waals surface area contributed by atoms with Gasteiger partial charge in [-0.05, 0) is 6.42 Å². The fourth-order valence-corrected chi connectivity index (χ4v) is 1.13. The third-order valence-electron chi connectivity index (χ3n) is 1.62. The molecule has 0 aliphatic carbocycles. The summed E-state index contributed by atoms with van der Waals surface area (Å²) in [6.07, 6.45) is 2.02. The molecule has 1 atom stereocenters. The van der Waals surface area contributed by atoms with Gasteiger partial charge in [-0.3, -0.25) is 4.79 Å². The molecule has 0 rings (SSSR count). The number of rotatable bonds is 5. The molecule has 0 fully saturated rings. The molecule has 3 heteroatoms. The lowest BCUT2D eigenvalue weighted by molar-refractivity contribution is -0.123. The Bertz CT molecular complexity index is 136. The summed E-state index contributed by atoms with van der Waals surface area (Å²) < 4.78 is 0. The van der Waals surface area contributed by atoms with Crippen LogP contribution >= 0.6 is 11.6 Å². The Morgan fingerprint density at radius 3 is 2.50 bits per heavy atom. The van der Waals surface area contributed by atoms with Crippen molar-refractivity contribution >= 4 is 17.5 Å². The first-order valence-electron chi connectivity index (χ1n) is 4.49. The van der Waals surface area contributed by atoms with Gasteiger partial charge >= 0.3 is 0 Å². The summed E-state index contributed by atoms with van der Waals surface area (Å²) in [5, 5.41) is 2.88. The number of halogens is 1. The van der Waals surface area contributed by atoms with Crippen molar-refractivity contribution in [1.82, 2.24) is 5.32 Å². The second-order valence-electron chi connectivity index (χ2n) is 3.29. The number of amides is 1. The third-order valence-corrected chi connectivity index (χ3v) is 2.00. The zero-order valence-electron chi connectivity index (χ0n) is 8.06. The lowest BCUT2D eigenvalue weighted by Gasteiger charge is -2.11. The van der Waals surface area contributed by atoms with Crippen molar-refractivity contribution in [2.45, 2.75) is 39.0 Å². The van der Waals surface area contributed by atoms with Gasteiger partial charge in [0.15, 0.2) is 0 Å². The van der Waals surface area contributed by atoms with Crippen LogP contribution in [-0.2, 0) is 4.79 Å². The van der Waals surface area contributed by atoms with E-state index in [2.05, 4.69) is 12.2 Å². The van der Waals surface area contributed by atoms with Gasteiger partial charge in [0.2, 0.25) is 5.91 Å². The molecule has 0 radical (unpaired) electrons. The van der Waals surface area contributed by atoms with Crippen LogP contribution in [-0.4, -0.2) is 17.8 Å². The first-order valence-corrected chi connectivity index (χ1v) is 4.93. The summed E-state index contributed by atoms with van der Waals surface area (Å²) in [5.74, 6) is 0.132. The van der Waals surface area contributed by atoms with Gasteiger partial charge in [-0.1, -0.05) is 27.2 Å². The summed E-state index contributed by atoms with van der Waals surface area (Å²) >= 11 is 5.91. The molecule has 0 saturated carbocycles. The molecule has 0 aromatic carbocycles. The van der Waals surface area contributed by atoms with E-state index in [4.69, 9.17) is 11.6 Å². The maximum absolute atomic E-state index is 11.1. The molecule has 1 unspecified atom stereocenters. The van der Waals surface area contributed by atoms with Crippen molar-refractivity contribution in [2.75, 3.05) is 6.54 Å². The number of nitrogens with one attached hydrogen (secondary N) is 1. The molecule has 1 N–H and O–H groups in total. The second kappa shape index (κ2) is 6.30. The van der Waals surface area contributed by atoms with E-state index in [-0.39, 0.29) is 17.2 Å². The SMILES string of the molecule is CCCC(Cl)CNC(=O)C(C)C. The first kappa shape index (κ1) is 11.8. The normalized spacial score (nSPS) is 13.1. The van der Waals surface area contributed by atoms with Crippen molar-refractivity contribution in [3.05, 3.63) is 0 Å². The summed E-state index contributed by atoms with van der Waals surface area (Å²) in [7, 11) is 0. The minimum absolute atomic E-state index is 0.0514. The van der Waals surface area contributed by atoms with Crippen molar-refractivity contribution in [1.29, 1.82) is 0 Å². The maximum Gasteiger partial charge on any atom is 0.222 e. The van der Waals surface area contributed by atoms with Gasteiger partial charge in [-0.15, -0.1) is 11.6 Å². The largest absolute Gasteiger partial charge is 0.354 e. The van der Waals surface area contributed by atoms with Crippen LogP contribution < -0.4 is 5.32 Å². The predicted octanol–water partition coefficient (Wildman–Crippen LogP) is 2.17. The van der Waals surface area contributed by atoms with E-state index in [9.17, 15) is 4.79 Å². The lowest BCUT2D eigenvalue weighted by atomic mass is 10.2. The van der Waals surface area contributed by atoms with E-state index >= 15 is 0 Å². The van der Waals surface area contributed by atoms with Crippen molar-refractivity contribution in [2.24, 2.45) is 5.92 Å². The summed E-state index contributed by atoms with van der Waals surface area (Å²) in [6, 6.07) is 0. The quantitative estimate of drug-likeness (QED) is 0.664. The second-order valence-corrected chi connectivity index (χ2v) is 3.90. The van der Waals surface area contributed by atoms with Gasteiger partial charge in [0.25, 0.3) is 0 Å². The van der Waals surface area contributed by atoms with Crippen LogP contribution in [0.3, 0.4) is 0 Å². The average molecular weight is 192 g/mol. The molecule has 0 saturated heterocycles. The fraction of sp³-hybridized carbons (Fsp3) is 0.889. The van der Waals surface area contributed by atoms with E-state index in [0.717, 1.165) is 12.8 Å². The molecule has 0 heterocycles. The fourth-order valence-electron chi connectivity index (χ4n) is 0.831. The maximum atomic E-state index is 11.1. The molecular formula is C9H18ClNO. The van der Waals surface area contributed by atoms with Gasteiger partial charge < -0.3 is 5.32 Å². The highest BCUT2D eigenvalue weighted by Crippen LogP contribution is 2.03. The van der Waals surface area contributed by atoms with E-state index in [1.54, 1.807) is 0 Å². The van der Waals surface area contributed by atoms with Crippen LogP contribution in [0.4, 0.5) is 0 Å². The molecule has 0 bridgehead atoms. The van der Waals surface area contributed by atoms with Crippen LogP contribution in [0.15, 0.2) is 0 Å². The highest BCUT2D eigenvalue weighted by molar-refractivity contribution is 6.20. The van der Waals surface area contributed by atoms with E-state index in [0.29, 0.717) is 6.54 Å². The molecular weight excluding hydrogens is 174 g/mol. The topological polar surface area (TPSA) is 29.1 Å². The predicted molar refractivity (Wildman–Crippen MR) is 52.4 cm³/mol. The van der Waals surface area contributed by atoms with Gasteiger partial charge in [0, 0.05) is 12.5 Å². The average Bonchev–Trinajstić information content (AvgIpc) is 2.00. The molecule has 0 aliphatic heterocycles. The summed E-state index contributed by atoms with van der Waals surface area (Å²) in [4.78, 5) is 11.1. The molecule has 0 aromatic heterocycles. The Morgan fingerprint density at radius 2 is 2.08 bits per heavy atom. The number of carbonyl (C=O) groups is 1. The van der Waals surface area contributed by atoms with Gasteiger partial charge in [-0.25, -0.2) is 0 Å². The van der Waals surface area contributed by atoms with E-state index in [1.807, 2.05) is 13.8 Å². The summed E-state index contributed by atoms with van der Waals surface area (Å²) in [6.45, 7) is 6.42. The Labute approximate surface area is 79.7 Å². The molecule has 72 valence electrons. The molecule has 0 spiro atoms. The molecule has 2 nitrogen and oxygen atoms in total.